The monoisotopic (exact) mass is 400 g/mol. The minimum Gasteiger partial charge on any atom is -0.497 e. The molecule has 4 aromatic rings. The number of fused-ring (bicyclic) bond motifs is 2. The molecule has 7 nitrogen and oxygen atoms in total. The predicted octanol–water partition coefficient (Wildman–Crippen LogP) is 3.25. The van der Waals surface area contributed by atoms with Gasteiger partial charge in [-0.2, -0.15) is 10.2 Å². The van der Waals surface area contributed by atoms with Crippen molar-refractivity contribution in [3.63, 3.8) is 0 Å². The second-order valence-corrected chi connectivity index (χ2v) is 6.89. The zero-order chi connectivity index (χ0) is 21.3. The molecule has 1 amide bonds. The molecule has 0 spiro atoms. The molecule has 3 aromatic carbocycles. The maximum absolute atomic E-state index is 12.7. The third kappa shape index (κ3) is 3.53. The zero-order valence-electron chi connectivity index (χ0n) is 16.8. The fraction of sp³-hybridized carbons (Fsp3) is 0.130. The summed E-state index contributed by atoms with van der Waals surface area (Å²) in [6, 6.07) is 18.6. The summed E-state index contributed by atoms with van der Waals surface area (Å²) in [5.41, 5.74) is 3.98. The first-order valence-electron chi connectivity index (χ1n) is 9.37. The summed E-state index contributed by atoms with van der Waals surface area (Å²) in [6.45, 7) is 1.82. The highest BCUT2D eigenvalue weighted by atomic mass is 16.5. The molecular weight excluding hydrogens is 380 g/mol. The average molecular weight is 400 g/mol. The number of aromatic nitrogens is 2. The van der Waals surface area contributed by atoms with Crippen LogP contribution in [0.1, 0.15) is 23.0 Å². The molecule has 150 valence electrons. The van der Waals surface area contributed by atoms with Gasteiger partial charge in [0.05, 0.1) is 18.2 Å². The molecule has 30 heavy (non-hydrogen) atoms. The SMILES string of the molecule is COc1ccc2cc(/C(C)=N\NC(=O)c3nn(C)c(=O)c4ccccc34)ccc2c1. The van der Waals surface area contributed by atoms with Crippen molar-refractivity contribution in [3.05, 3.63) is 82.3 Å². The van der Waals surface area contributed by atoms with E-state index in [1.54, 1.807) is 31.4 Å². The van der Waals surface area contributed by atoms with Crippen LogP contribution in [0.4, 0.5) is 0 Å². The maximum atomic E-state index is 12.7. The summed E-state index contributed by atoms with van der Waals surface area (Å²) in [6.07, 6.45) is 0. The molecule has 0 fully saturated rings. The first kappa shape index (κ1) is 19.3. The highest BCUT2D eigenvalue weighted by Crippen LogP contribution is 2.22. The fourth-order valence-electron chi connectivity index (χ4n) is 3.30. The van der Waals surface area contributed by atoms with Crippen LogP contribution in [0.15, 0.2) is 70.6 Å². The quantitative estimate of drug-likeness (QED) is 0.421. The number of amides is 1. The van der Waals surface area contributed by atoms with E-state index < -0.39 is 5.91 Å². The average Bonchev–Trinajstić information content (AvgIpc) is 2.78. The van der Waals surface area contributed by atoms with Gasteiger partial charge in [-0.15, -0.1) is 0 Å². The molecular formula is C23H20N4O3. The summed E-state index contributed by atoms with van der Waals surface area (Å²) in [5.74, 6) is 0.316. The van der Waals surface area contributed by atoms with Crippen LogP contribution in [0.5, 0.6) is 5.75 Å². The second-order valence-electron chi connectivity index (χ2n) is 6.89. The molecule has 0 aliphatic rings. The van der Waals surface area contributed by atoms with Crippen molar-refractivity contribution in [2.75, 3.05) is 7.11 Å². The van der Waals surface area contributed by atoms with Crippen molar-refractivity contribution in [2.45, 2.75) is 6.92 Å². The first-order valence-corrected chi connectivity index (χ1v) is 9.37. The van der Waals surface area contributed by atoms with Crippen molar-refractivity contribution >= 4 is 33.2 Å². The number of hydrogen-bond donors (Lipinski definition) is 1. The highest BCUT2D eigenvalue weighted by molar-refractivity contribution is 6.06. The smallest absolute Gasteiger partial charge is 0.292 e. The van der Waals surface area contributed by atoms with Crippen LogP contribution < -0.4 is 15.7 Å². The molecule has 1 aromatic heterocycles. The third-order valence-corrected chi connectivity index (χ3v) is 4.96. The largest absolute Gasteiger partial charge is 0.497 e. The van der Waals surface area contributed by atoms with Crippen LogP contribution in [0.25, 0.3) is 21.5 Å². The number of rotatable bonds is 4. The number of carbonyl (C=O) groups excluding carboxylic acids is 1. The Balaban J connectivity index is 1.63. The molecule has 7 heteroatoms. The van der Waals surface area contributed by atoms with Crippen molar-refractivity contribution in [1.82, 2.24) is 15.2 Å². The lowest BCUT2D eigenvalue weighted by atomic mass is 10.0. The van der Waals surface area contributed by atoms with Crippen LogP contribution in [0, 0.1) is 0 Å². The van der Waals surface area contributed by atoms with Gasteiger partial charge in [0.1, 0.15) is 5.75 Å². The van der Waals surface area contributed by atoms with Crippen LogP contribution in [-0.2, 0) is 7.05 Å². The van der Waals surface area contributed by atoms with Gasteiger partial charge in [0.2, 0.25) is 0 Å². The van der Waals surface area contributed by atoms with Crippen LogP contribution in [0.3, 0.4) is 0 Å². The van der Waals surface area contributed by atoms with E-state index >= 15 is 0 Å². The Morgan fingerprint density at radius 1 is 1.03 bits per heavy atom. The molecule has 0 bridgehead atoms. The number of hydrazone groups is 1. The topological polar surface area (TPSA) is 85.6 Å². The van der Waals surface area contributed by atoms with E-state index in [1.165, 1.54) is 7.05 Å². The normalized spacial score (nSPS) is 11.6. The van der Waals surface area contributed by atoms with Gasteiger partial charge in [0.25, 0.3) is 11.5 Å². The molecule has 0 aliphatic heterocycles. The van der Waals surface area contributed by atoms with Crippen LogP contribution >= 0.6 is 0 Å². The number of hydrogen-bond acceptors (Lipinski definition) is 5. The summed E-state index contributed by atoms with van der Waals surface area (Å²) in [4.78, 5) is 25.0. The molecule has 1 heterocycles. The number of carbonyl (C=O) groups is 1. The fourth-order valence-corrected chi connectivity index (χ4v) is 3.30. The Kier molecular flexibility index (Phi) is 5.02. The number of nitrogens with zero attached hydrogens (tertiary/aromatic N) is 3. The van der Waals surface area contributed by atoms with E-state index in [-0.39, 0.29) is 11.3 Å². The lowest BCUT2D eigenvalue weighted by Crippen LogP contribution is -2.27. The van der Waals surface area contributed by atoms with Gasteiger partial charge in [-0.25, -0.2) is 10.1 Å². The third-order valence-electron chi connectivity index (χ3n) is 4.96. The van der Waals surface area contributed by atoms with Gasteiger partial charge < -0.3 is 4.74 Å². The van der Waals surface area contributed by atoms with E-state index in [0.717, 1.165) is 26.8 Å². The van der Waals surface area contributed by atoms with E-state index in [4.69, 9.17) is 4.74 Å². The van der Waals surface area contributed by atoms with Gasteiger partial charge in [-0.05, 0) is 47.5 Å². The Morgan fingerprint density at radius 3 is 2.50 bits per heavy atom. The van der Waals surface area contributed by atoms with Crippen molar-refractivity contribution in [3.8, 4) is 5.75 Å². The lowest BCUT2D eigenvalue weighted by Gasteiger charge is -2.08. The van der Waals surface area contributed by atoms with E-state index in [2.05, 4.69) is 15.6 Å². The molecule has 0 unspecified atom stereocenters. The number of ether oxygens (including phenoxy) is 1. The first-order chi connectivity index (χ1) is 14.5. The van der Waals surface area contributed by atoms with Crippen LogP contribution in [0.2, 0.25) is 0 Å². The number of benzene rings is 3. The molecule has 0 aliphatic carbocycles. The lowest BCUT2D eigenvalue weighted by molar-refractivity contribution is 0.0949. The molecule has 0 saturated heterocycles. The predicted molar refractivity (Wildman–Crippen MR) is 117 cm³/mol. The summed E-state index contributed by atoms with van der Waals surface area (Å²) in [5, 5.41) is 11.4. The van der Waals surface area contributed by atoms with Gasteiger partial charge in [0, 0.05) is 12.4 Å². The highest BCUT2D eigenvalue weighted by Gasteiger charge is 2.15. The van der Waals surface area contributed by atoms with Gasteiger partial charge in [-0.1, -0.05) is 36.4 Å². The second kappa shape index (κ2) is 7.79. The molecule has 0 atom stereocenters. The summed E-state index contributed by atoms with van der Waals surface area (Å²) >= 11 is 0. The molecule has 0 radical (unpaired) electrons. The van der Waals surface area contributed by atoms with Crippen molar-refractivity contribution in [2.24, 2.45) is 12.1 Å². The van der Waals surface area contributed by atoms with Crippen LogP contribution in [-0.4, -0.2) is 28.5 Å². The molecule has 1 N–H and O–H groups in total. The Bertz CT molecular complexity index is 1370. The Hall–Kier alpha value is -4.00. The van der Waals surface area contributed by atoms with Gasteiger partial charge in [-0.3, -0.25) is 9.59 Å². The molecule has 4 rings (SSSR count). The van der Waals surface area contributed by atoms with E-state index in [9.17, 15) is 9.59 Å². The van der Waals surface area contributed by atoms with Crippen molar-refractivity contribution < 1.29 is 9.53 Å². The number of aryl methyl sites for hydroxylation is 1. The summed E-state index contributed by atoms with van der Waals surface area (Å²) in [7, 11) is 3.15. The standard InChI is InChI=1S/C23H20N4O3/c1-14(15-8-9-17-13-18(30-3)11-10-16(17)12-15)24-25-22(28)21-19-6-4-5-7-20(19)23(29)27(2)26-21/h4-13H,1-3H3,(H,25,28)/b24-14-. The number of methoxy groups -OCH3 is 1. The van der Waals surface area contributed by atoms with Gasteiger partial charge >= 0.3 is 0 Å². The minimum absolute atomic E-state index is 0.148. The maximum Gasteiger partial charge on any atom is 0.292 e. The summed E-state index contributed by atoms with van der Waals surface area (Å²) < 4.78 is 6.41. The minimum atomic E-state index is -0.480. The van der Waals surface area contributed by atoms with Gasteiger partial charge in [0.15, 0.2) is 5.69 Å². The zero-order valence-corrected chi connectivity index (χ0v) is 16.8. The van der Waals surface area contributed by atoms with E-state index in [1.807, 2.05) is 43.3 Å². The van der Waals surface area contributed by atoms with Crippen molar-refractivity contribution in [1.29, 1.82) is 0 Å². The Labute approximate surface area is 172 Å². The molecule has 0 saturated carbocycles. The number of nitrogens with one attached hydrogen (secondary N) is 1. The van der Waals surface area contributed by atoms with E-state index in [0.29, 0.717) is 16.5 Å². The Morgan fingerprint density at radius 2 is 1.73 bits per heavy atom.